The van der Waals surface area contributed by atoms with E-state index in [1.807, 2.05) is 20.8 Å². The van der Waals surface area contributed by atoms with Gasteiger partial charge in [-0.1, -0.05) is 0 Å². The van der Waals surface area contributed by atoms with Gasteiger partial charge in [0.1, 0.15) is 0 Å². The summed E-state index contributed by atoms with van der Waals surface area (Å²) >= 11 is 0. The van der Waals surface area contributed by atoms with E-state index in [1.54, 1.807) is 10.6 Å². The Balaban J connectivity index is 2.76. The van der Waals surface area contributed by atoms with Gasteiger partial charge in [0.25, 0.3) is 5.56 Å². The molecule has 4 nitrogen and oxygen atoms in total. The van der Waals surface area contributed by atoms with Gasteiger partial charge in [0.2, 0.25) is 0 Å². The smallest absolute Gasteiger partial charge is 0.250 e. The predicted octanol–water partition coefficient (Wildman–Crippen LogP) is 1.16. The molecule has 0 aliphatic carbocycles. The van der Waals surface area contributed by atoms with E-state index in [2.05, 4.69) is 0 Å². The average Bonchev–Trinajstić information content (AvgIpc) is 2.17. The van der Waals surface area contributed by atoms with Crippen LogP contribution in [0.25, 0.3) is 0 Å². The van der Waals surface area contributed by atoms with Gasteiger partial charge in [0, 0.05) is 18.3 Å². The van der Waals surface area contributed by atoms with Gasteiger partial charge in [-0.05, 0) is 26.8 Å². The number of anilines is 1. The minimum absolute atomic E-state index is 0.0333. The van der Waals surface area contributed by atoms with E-state index < -0.39 is 0 Å². The van der Waals surface area contributed by atoms with Crippen molar-refractivity contribution in [3.63, 3.8) is 0 Å². The molecule has 0 unspecified atom stereocenters. The summed E-state index contributed by atoms with van der Waals surface area (Å²) in [5.41, 5.74) is 7.13. The fourth-order valence-corrected chi connectivity index (χ4v) is 1.35. The number of hydrogen-bond donors (Lipinski definition) is 1. The molecule has 1 rings (SSSR count). The molecule has 0 aliphatic heterocycles. The van der Waals surface area contributed by atoms with Crippen molar-refractivity contribution in [3.05, 3.63) is 28.2 Å². The van der Waals surface area contributed by atoms with E-state index in [-0.39, 0.29) is 11.7 Å². The van der Waals surface area contributed by atoms with Gasteiger partial charge in [-0.15, -0.1) is 0 Å². The van der Waals surface area contributed by atoms with Gasteiger partial charge in [-0.25, -0.2) is 0 Å². The van der Waals surface area contributed by atoms with Crippen LogP contribution in [0.5, 0.6) is 0 Å². The topological polar surface area (TPSA) is 57.2 Å². The Bertz CT molecular complexity index is 383. The molecule has 0 atom stereocenters. The fourth-order valence-electron chi connectivity index (χ4n) is 1.35. The molecule has 0 amide bonds. The minimum Gasteiger partial charge on any atom is -0.397 e. The highest BCUT2D eigenvalue weighted by atomic mass is 16.5. The maximum Gasteiger partial charge on any atom is 0.250 e. The molecule has 0 aromatic carbocycles. The third kappa shape index (κ3) is 3.09. The number of aromatic nitrogens is 1. The van der Waals surface area contributed by atoms with Crippen molar-refractivity contribution in [2.24, 2.45) is 0 Å². The summed E-state index contributed by atoms with van der Waals surface area (Å²) in [5.74, 6) is 0. The second-order valence-corrected chi connectivity index (χ2v) is 3.78. The monoisotopic (exact) mass is 210 g/mol. The van der Waals surface area contributed by atoms with Gasteiger partial charge >= 0.3 is 0 Å². The lowest BCUT2D eigenvalue weighted by molar-refractivity contribution is 0.0720. The molecule has 1 aromatic heterocycles. The first-order valence-electron chi connectivity index (χ1n) is 5.10. The van der Waals surface area contributed by atoms with Crippen LogP contribution in [0, 0.1) is 6.92 Å². The van der Waals surface area contributed by atoms with Crippen molar-refractivity contribution in [2.45, 2.75) is 33.4 Å². The van der Waals surface area contributed by atoms with Crippen molar-refractivity contribution in [1.29, 1.82) is 0 Å². The normalized spacial score (nSPS) is 10.9. The van der Waals surface area contributed by atoms with Gasteiger partial charge in [-0.2, -0.15) is 0 Å². The molecule has 0 saturated heterocycles. The third-order valence-electron chi connectivity index (χ3n) is 2.26. The molecule has 15 heavy (non-hydrogen) atoms. The highest BCUT2D eigenvalue weighted by molar-refractivity contribution is 5.41. The molecule has 1 heterocycles. The van der Waals surface area contributed by atoms with Crippen LogP contribution >= 0.6 is 0 Å². The number of hydrogen-bond acceptors (Lipinski definition) is 3. The van der Waals surface area contributed by atoms with Gasteiger partial charge < -0.3 is 15.0 Å². The number of nitrogens with two attached hydrogens (primary N) is 1. The van der Waals surface area contributed by atoms with Crippen LogP contribution in [0.2, 0.25) is 0 Å². The highest BCUT2D eigenvalue weighted by Gasteiger charge is 2.03. The molecule has 2 N–H and O–H groups in total. The largest absolute Gasteiger partial charge is 0.397 e. The lowest BCUT2D eigenvalue weighted by Gasteiger charge is -2.13. The van der Waals surface area contributed by atoms with Crippen LogP contribution < -0.4 is 11.3 Å². The van der Waals surface area contributed by atoms with E-state index in [0.717, 1.165) is 5.69 Å². The zero-order valence-electron chi connectivity index (χ0n) is 9.49. The average molecular weight is 210 g/mol. The third-order valence-corrected chi connectivity index (χ3v) is 2.26. The van der Waals surface area contributed by atoms with Crippen molar-refractivity contribution >= 4 is 5.69 Å². The van der Waals surface area contributed by atoms with Crippen LogP contribution in [0.15, 0.2) is 16.9 Å². The number of rotatable bonds is 4. The number of nitrogen functional groups attached to an aromatic ring is 1. The Morgan fingerprint density at radius 3 is 2.73 bits per heavy atom. The number of ether oxygens (including phenoxy) is 1. The maximum absolute atomic E-state index is 11.5. The summed E-state index contributed by atoms with van der Waals surface area (Å²) in [6.45, 7) is 6.85. The molecule has 0 fully saturated rings. The Morgan fingerprint density at radius 1 is 1.47 bits per heavy atom. The Labute approximate surface area is 89.7 Å². The standard InChI is InChI=1S/C11H18N2O2/c1-8(2)15-7-6-13-9(3)10(12)4-5-11(13)14/h4-5,8H,6-7,12H2,1-3H3. The highest BCUT2D eigenvalue weighted by Crippen LogP contribution is 2.06. The van der Waals surface area contributed by atoms with Crippen LogP contribution in [-0.4, -0.2) is 17.3 Å². The molecule has 0 radical (unpaired) electrons. The Kier molecular flexibility index (Phi) is 3.91. The molecule has 0 saturated carbocycles. The quantitative estimate of drug-likeness (QED) is 0.811. The first-order chi connectivity index (χ1) is 7.02. The maximum atomic E-state index is 11.5. The minimum atomic E-state index is -0.0333. The van der Waals surface area contributed by atoms with Gasteiger partial charge in [0.15, 0.2) is 0 Å². The molecule has 0 bridgehead atoms. The van der Waals surface area contributed by atoms with E-state index >= 15 is 0 Å². The lowest BCUT2D eigenvalue weighted by Crippen LogP contribution is -2.25. The van der Waals surface area contributed by atoms with Gasteiger partial charge in [-0.3, -0.25) is 4.79 Å². The van der Waals surface area contributed by atoms with E-state index in [4.69, 9.17) is 10.5 Å². The first-order valence-corrected chi connectivity index (χ1v) is 5.10. The van der Waals surface area contributed by atoms with Crippen LogP contribution in [-0.2, 0) is 11.3 Å². The summed E-state index contributed by atoms with van der Waals surface area (Å²) in [5, 5.41) is 0. The van der Waals surface area contributed by atoms with Gasteiger partial charge in [0.05, 0.1) is 18.4 Å². The van der Waals surface area contributed by atoms with E-state index in [1.165, 1.54) is 6.07 Å². The zero-order chi connectivity index (χ0) is 11.4. The molecular formula is C11H18N2O2. The molecule has 0 spiro atoms. The molecule has 1 aromatic rings. The molecule has 84 valence electrons. The van der Waals surface area contributed by atoms with E-state index in [0.29, 0.717) is 18.8 Å². The first kappa shape index (κ1) is 11.8. The van der Waals surface area contributed by atoms with Crippen LogP contribution in [0.3, 0.4) is 0 Å². The summed E-state index contributed by atoms with van der Waals surface area (Å²) < 4.78 is 7.03. The predicted molar refractivity (Wildman–Crippen MR) is 60.9 cm³/mol. The Morgan fingerprint density at radius 2 is 2.13 bits per heavy atom. The Hall–Kier alpha value is -1.29. The summed E-state index contributed by atoms with van der Waals surface area (Å²) in [4.78, 5) is 11.5. The van der Waals surface area contributed by atoms with Crippen molar-refractivity contribution in [1.82, 2.24) is 4.57 Å². The van der Waals surface area contributed by atoms with Crippen molar-refractivity contribution < 1.29 is 4.74 Å². The molecule has 4 heteroatoms. The molecule has 0 aliphatic rings. The fraction of sp³-hybridized carbons (Fsp3) is 0.545. The number of nitrogens with zero attached hydrogens (tertiary/aromatic N) is 1. The van der Waals surface area contributed by atoms with Crippen LogP contribution in [0.4, 0.5) is 5.69 Å². The van der Waals surface area contributed by atoms with Crippen LogP contribution in [0.1, 0.15) is 19.5 Å². The summed E-state index contributed by atoms with van der Waals surface area (Å²) in [7, 11) is 0. The SMILES string of the molecule is Cc1c(N)ccc(=O)n1CCOC(C)C. The lowest BCUT2D eigenvalue weighted by atomic mass is 10.3. The zero-order valence-corrected chi connectivity index (χ0v) is 9.49. The summed E-state index contributed by atoms with van der Waals surface area (Å²) in [6, 6.07) is 3.12. The van der Waals surface area contributed by atoms with E-state index in [9.17, 15) is 4.79 Å². The molecular weight excluding hydrogens is 192 g/mol. The second kappa shape index (κ2) is 4.98. The van der Waals surface area contributed by atoms with Crippen molar-refractivity contribution in [3.8, 4) is 0 Å². The summed E-state index contributed by atoms with van der Waals surface area (Å²) in [6.07, 6.45) is 0.182. The van der Waals surface area contributed by atoms with Crippen molar-refractivity contribution in [2.75, 3.05) is 12.3 Å². The number of pyridine rings is 1. The second-order valence-electron chi connectivity index (χ2n) is 3.78.